The lowest BCUT2D eigenvalue weighted by molar-refractivity contribution is -0.151. The van der Waals surface area contributed by atoms with Crippen LogP contribution in [0.2, 0.25) is 0 Å². The van der Waals surface area contributed by atoms with Crippen LogP contribution in [0.5, 0.6) is 0 Å². The van der Waals surface area contributed by atoms with Crippen LogP contribution in [0.25, 0.3) is 0 Å². The average molecular weight is 279 g/mol. The molecule has 1 aromatic heterocycles. The molecule has 1 fully saturated rings. The normalized spacial score (nSPS) is 25.9. The lowest BCUT2D eigenvalue weighted by Gasteiger charge is -2.29. The summed E-state index contributed by atoms with van der Waals surface area (Å²) in [5.74, 6) is -0.0373. The molecule has 0 saturated heterocycles. The second kappa shape index (κ2) is 5.95. The molecule has 0 spiro atoms. The molecule has 2 atom stereocenters. The van der Waals surface area contributed by atoms with Crippen LogP contribution in [-0.2, 0) is 16.1 Å². The van der Waals surface area contributed by atoms with Crippen molar-refractivity contribution in [2.75, 3.05) is 6.61 Å². The number of nitrogens with zero attached hydrogens (tertiary/aromatic N) is 2. The molecule has 0 aromatic carbocycles. The largest absolute Gasteiger partial charge is 0.465 e. The SMILES string of the molecule is CCOC(=O)C1(N)CCCC1CCn1cnc(C)c1C. The molecule has 2 unspecified atom stereocenters. The molecule has 5 nitrogen and oxygen atoms in total. The summed E-state index contributed by atoms with van der Waals surface area (Å²) in [6.07, 6.45) is 5.50. The summed E-state index contributed by atoms with van der Waals surface area (Å²) in [4.78, 5) is 16.4. The molecule has 2 rings (SSSR count). The van der Waals surface area contributed by atoms with Crippen LogP contribution in [0.15, 0.2) is 6.33 Å². The third-order valence-corrected chi connectivity index (χ3v) is 4.59. The first-order valence-corrected chi connectivity index (χ1v) is 7.43. The zero-order valence-electron chi connectivity index (χ0n) is 12.7. The Morgan fingerprint density at radius 2 is 2.35 bits per heavy atom. The Kier molecular flexibility index (Phi) is 4.48. The van der Waals surface area contributed by atoms with Crippen molar-refractivity contribution in [2.24, 2.45) is 11.7 Å². The van der Waals surface area contributed by atoms with Crippen molar-refractivity contribution in [2.45, 2.75) is 58.5 Å². The highest BCUT2D eigenvalue weighted by atomic mass is 16.5. The van der Waals surface area contributed by atoms with Gasteiger partial charge in [-0.3, -0.25) is 4.79 Å². The Bertz CT molecular complexity index is 483. The molecule has 2 N–H and O–H groups in total. The zero-order valence-corrected chi connectivity index (χ0v) is 12.7. The van der Waals surface area contributed by atoms with Gasteiger partial charge in [-0.1, -0.05) is 6.42 Å². The van der Waals surface area contributed by atoms with Gasteiger partial charge in [-0.15, -0.1) is 0 Å². The molecule has 1 aromatic rings. The van der Waals surface area contributed by atoms with Crippen molar-refractivity contribution >= 4 is 5.97 Å². The number of aryl methyl sites for hydroxylation is 2. The van der Waals surface area contributed by atoms with Crippen LogP contribution in [0, 0.1) is 19.8 Å². The number of carbonyl (C=O) groups excluding carboxylic acids is 1. The first kappa shape index (κ1) is 15.0. The fraction of sp³-hybridized carbons (Fsp3) is 0.733. The molecule has 112 valence electrons. The summed E-state index contributed by atoms with van der Waals surface area (Å²) in [5.41, 5.74) is 7.79. The molecule has 0 radical (unpaired) electrons. The minimum atomic E-state index is -0.792. The van der Waals surface area contributed by atoms with E-state index in [1.54, 1.807) is 0 Å². The number of nitrogens with two attached hydrogens (primary N) is 1. The molecule has 1 saturated carbocycles. The third kappa shape index (κ3) is 2.73. The van der Waals surface area contributed by atoms with Crippen molar-refractivity contribution in [3.05, 3.63) is 17.7 Å². The van der Waals surface area contributed by atoms with Gasteiger partial charge in [0.05, 0.1) is 18.6 Å². The molecular weight excluding hydrogens is 254 g/mol. The lowest BCUT2D eigenvalue weighted by atomic mass is 9.85. The van der Waals surface area contributed by atoms with Gasteiger partial charge in [0, 0.05) is 12.2 Å². The maximum absolute atomic E-state index is 12.1. The molecule has 1 aliphatic rings. The number of hydrogen-bond donors (Lipinski definition) is 1. The van der Waals surface area contributed by atoms with E-state index >= 15 is 0 Å². The van der Waals surface area contributed by atoms with Crippen LogP contribution in [0.4, 0.5) is 0 Å². The molecule has 0 aliphatic heterocycles. The van der Waals surface area contributed by atoms with Gasteiger partial charge in [0.1, 0.15) is 5.54 Å². The van der Waals surface area contributed by atoms with Crippen LogP contribution >= 0.6 is 0 Å². The Hall–Kier alpha value is -1.36. The standard InChI is InChI=1S/C15H25N3O2/c1-4-20-14(19)15(16)8-5-6-13(15)7-9-18-10-17-11(2)12(18)3/h10,13H,4-9,16H2,1-3H3. The predicted molar refractivity (Wildman–Crippen MR) is 77.2 cm³/mol. The molecule has 1 aliphatic carbocycles. The summed E-state index contributed by atoms with van der Waals surface area (Å²) in [7, 11) is 0. The van der Waals surface area contributed by atoms with E-state index in [9.17, 15) is 4.79 Å². The molecule has 1 heterocycles. The third-order valence-electron chi connectivity index (χ3n) is 4.59. The maximum Gasteiger partial charge on any atom is 0.326 e. The lowest BCUT2D eigenvalue weighted by Crippen LogP contribution is -2.52. The number of ether oxygens (including phenoxy) is 1. The number of rotatable bonds is 5. The number of esters is 1. The Labute approximate surface area is 120 Å². The Morgan fingerprint density at radius 3 is 2.95 bits per heavy atom. The molecular formula is C15H25N3O2. The van der Waals surface area contributed by atoms with Gasteiger partial charge in [-0.25, -0.2) is 4.98 Å². The van der Waals surface area contributed by atoms with Crippen LogP contribution in [0.1, 0.15) is 44.0 Å². The summed E-state index contributed by atoms with van der Waals surface area (Å²) >= 11 is 0. The fourth-order valence-electron chi connectivity index (χ4n) is 3.10. The highest BCUT2D eigenvalue weighted by Crippen LogP contribution is 2.37. The van der Waals surface area contributed by atoms with Gasteiger partial charge in [0.15, 0.2) is 0 Å². The van der Waals surface area contributed by atoms with Gasteiger partial charge in [-0.05, 0) is 46.0 Å². The Balaban J connectivity index is 2.01. The van der Waals surface area contributed by atoms with E-state index < -0.39 is 5.54 Å². The van der Waals surface area contributed by atoms with Crippen LogP contribution in [0.3, 0.4) is 0 Å². The van der Waals surface area contributed by atoms with E-state index in [1.165, 1.54) is 5.69 Å². The smallest absolute Gasteiger partial charge is 0.326 e. The van der Waals surface area contributed by atoms with Gasteiger partial charge in [0.25, 0.3) is 0 Å². The van der Waals surface area contributed by atoms with Crippen molar-refractivity contribution in [3.63, 3.8) is 0 Å². The van der Waals surface area contributed by atoms with Gasteiger partial charge < -0.3 is 15.0 Å². The number of carbonyl (C=O) groups is 1. The van der Waals surface area contributed by atoms with Crippen LogP contribution < -0.4 is 5.73 Å². The minimum Gasteiger partial charge on any atom is -0.465 e. The summed E-state index contributed by atoms with van der Waals surface area (Å²) in [6, 6.07) is 0. The average Bonchev–Trinajstić information content (AvgIpc) is 2.94. The molecule has 5 heteroatoms. The topological polar surface area (TPSA) is 70.1 Å². The summed E-state index contributed by atoms with van der Waals surface area (Å²) in [6.45, 7) is 7.15. The number of hydrogen-bond acceptors (Lipinski definition) is 4. The highest BCUT2D eigenvalue weighted by molar-refractivity contribution is 5.81. The minimum absolute atomic E-state index is 0.198. The molecule has 0 amide bonds. The quantitative estimate of drug-likeness (QED) is 0.836. The maximum atomic E-state index is 12.1. The predicted octanol–water partition coefficient (Wildman–Crippen LogP) is 1.95. The van der Waals surface area contributed by atoms with Crippen molar-refractivity contribution in [1.82, 2.24) is 9.55 Å². The first-order valence-electron chi connectivity index (χ1n) is 7.43. The number of aromatic nitrogens is 2. The monoisotopic (exact) mass is 279 g/mol. The van der Waals surface area contributed by atoms with Gasteiger partial charge >= 0.3 is 5.97 Å². The van der Waals surface area contributed by atoms with Gasteiger partial charge in [-0.2, -0.15) is 0 Å². The van der Waals surface area contributed by atoms with E-state index in [0.717, 1.165) is 37.9 Å². The summed E-state index contributed by atoms with van der Waals surface area (Å²) in [5, 5.41) is 0. The van der Waals surface area contributed by atoms with Gasteiger partial charge in [0.2, 0.25) is 0 Å². The van der Waals surface area contributed by atoms with Crippen molar-refractivity contribution in [1.29, 1.82) is 0 Å². The summed E-state index contributed by atoms with van der Waals surface area (Å²) < 4.78 is 7.29. The molecule has 0 bridgehead atoms. The van der Waals surface area contributed by atoms with E-state index in [2.05, 4.69) is 16.5 Å². The Morgan fingerprint density at radius 1 is 1.60 bits per heavy atom. The first-order chi connectivity index (χ1) is 9.49. The van der Waals surface area contributed by atoms with Crippen molar-refractivity contribution < 1.29 is 9.53 Å². The molecule has 20 heavy (non-hydrogen) atoms. The highest BCUT2D eigenvalue weighted by Gasteiger charge is 2.46. The zero-order chi connectivity index (χ0) is 14.8. The van der Waals surface area contributed by atoms with Crippen LogP contribution in [-0.4, -0.2) is 27.7 Å². The van der Waals surface area contributed by atoms with Crippen molar-refractivity contribution in [3.8, 4) is 0 Å². The van der Waals surface area contributed by atoms with E-state index in [1.807, 2.05) is 20.2 Å². The van der Waals surface area contributed by atoms with E-state index in [4.69, 9.17) is 10.5 Å². The second-order valence-corrected chi connectivity index (χ2v) is 5.75. The van der Waals surface area contributed by atoms with E-state index in [-0.39, 0.29) is 11.9 Å². The second-order valence-electron chi connectivity index (χ2n) is 5.75. The number of imidazole rings is 1. The van der Waals surface area contributed by atoms with E-state index in [0.29, 0.717) is 6.61 Å². The fourth-order valence-corrected chi connectivity index (χ4v) is 3.10.